The number of ketones is 1. The summed E-state index contributed by atoms with van der Waals surface area (Å²) in [5, 5.41) is 18.0. The lowest BCUT2D eigenvalue weighted by Crippen LogP contribution is -1.86. The van der Waals surface area contributed by atoms with E-state index in [1.54, 1.807) is 12.1 Å². The van der Waals surface area contributed by atoms with Crippen molar-refractivity contribution in [3.05, 3.63) is 41.5 Å². The molecular formula is C13H12O4. The van der Waals surface area contributed by atoms with E-state index in [9.17, 15) is 14.7 Å². The molecule has 88 valence electrons. The van der Waals surface area contributed by atoms with E-state index in [-0.39, 0.29) is 11.5 Å². The Kier molecular flexibility index (Phi) is 4.22. The third-order valence-corrected chi connectivity index (χ3v) is 1.97. The Morgan fingerprint density at radius 2 is 1.88 bits per heavy atom. The van der Waals surface area contributed by atoms with Crippen LogP contribution in [-0.2, 0) is 9.59 Å². The summed E-state index contributed by atoms with van der Waals surface area (Å²) >= 11 is 0. The molecule has 0 saturated heterocycles. The van der Waals surface area contributed by atoms with E-state index in [4.69, 9.17) is 5.11 Å². The van der Waals surface area contributed by atoms with Crippen LogP contribution in [0.5, 0.6) is 5.75 Å². The van der Waals surface area contributed by atoms with Crippen LogP contribution in [0.1, 0.15) is 18.1 Å². The molecular weight excluding hydrogens is 220 g/mol. The van der Waals surface area contributed by atoms with Crippen LogP contribution in [-0.4, -0.2) is 22.0 Å². The number of benzene rings is 1. The lowest BCUT2D eigenvalue weighted by Gasteiger charge is -2.00. The first kappa shape index (κ1) is 12.7. The van der Waals surface area contributed by atoms with Gasteiger partial charge in [0, 0.05) is 11.6 Å². The highest BCUT2D eigenvalue weighted by atomic mass is 16.4. The SMILES string of the molecule is CC(=O)C=Cc1cc(C=CC(=O)O)ccc1O. The van der Waals surface area contributed by atoms with E-state index in [2.05, 4.69) is 0 Å². The van der Waals surface area contributed by atoms with Gasteiger partial charge in [0.1, 0.15) is 5.75 Å². The van der Waals surface area contributed by atoms with E-state index in [0.29, 0.717) is 11.1 Å². The summed E-state index contributed by atoms with van der Waals surface area (Å²) in [5.41, 5.74) is 1.10. The number of hydrogen-bond acceptors (Lipinski definition) is 3. The average molecular weight is 232 g/mol. The molecule has 0 fully saturated rings. The van der Waals surface area contributed by atoms with E-state index in [1.807, 2.05) is 0 Å². The molecule has 1 rings (SSSR count). The Labute approximate surface area is 98.5 Å². The Bertz CT molecular complexity index is 498. The normalized spacial score (nSPS) is 11.1. The van der Waals surface area contributed by atoms with Crippen molar-refractivity contribution in [2.45, 2.75) is 6.92 Å². The number of carboxylic acids is 1. The fourth-order valence-electron chi connectivity index (χ4n) is 1.18. The molecule has 0 unspecified atom stereocenters. The molecule has 0 atom stereocenters. The molecule has 0 saturated carbocycles. The fraction of sp³-hybridized carbons (Fsp3) is 0.0769. The van der Waals surface area contributed by atoms with Crippen LogP contribution in [0.4, 0.5) is 0 Å². The molecule has 0 aliphatic heterocycles. The van der Waals surface area contributed by atoms with Crippen LogP contribution in [0.15, 0.2) is 30.4 Å². The van der Waals surface area contributed by atoms with Crippen molar-refractivity contribution in [3.8, 4) is 5.75 Å². The highest BCUT2D eigenvalue weighted by Crippen LogP contribution is 2.20. The Morgan fingerprint density at radius 1 is 1.18 bits per heavy atom. The van der Waals surface area contributed by atoms with E-state index >= 15 is 0 Å². The maximum atomic E-state index is 10.8. The van der Waals surface area contributed by atoms with Crippen molar-refractivity contribution in [2.24, 2.45) is 0 Å². The number of phenols is 1. The second-order valence-electron chi connectivity index (χ2n) is 3.43. The minimum atomic E-state index is -1.04. The summed E-state index contributed by atoms with van der Waals surface area (Å²) in [7, 11) is 0. The molecule has 0 radical (unpaired) electrons. The zero-order valence-electron chi connectivity index (χ0n) is 9.25. The number of phenolic OH excluding ortho intramolecular Hbond substituents is 1. The molecule has 0 bridgehead atoms. The van der Waals surface area contributed by atoms with Crippen LogP contribution >= 0.6 is 0 Å². The first-order chi connectivity index (χ1) is 7.99. The second kappa shape index (κ2) is 5.65. The Hall–Kier alpha value is -2.36. The van der Waals surface area contributed by atoms with Crippen LogP contribution in [0.3, 0.4) is 0 Å². The quantitative estimate of drug-likeness (QED) is 0.779. The molecule has 0 heterocycles. The third kappa shape index (κ3) is 4.34. The molecule has 0 aliphatic carbocycles. The van der Waals surface area contributed by atoms with Crippen molar-refractivity contribution in [3.63, 3.8) is 0 Å². The number of carbonyl (C=O) groups is 2. The van der Waals surface area contributed by atoms with Gasteiger partial charge < -0.3 is 10.2 Å². The van der Waals surface area contributed by atoms with Crippen LogP contribution < -0.4 is 0 Å². The maximum absolute atomic E-state index is 10.8. The first-order valence-electron chi connectivity index (χ1n) is 4.91. The minimum absolute atomic E-state index is 0.0370. The molecule has 0 amide bonds. The summed E-state index contributed by atoms with van der Waals surface area (Å²) in [6, 6.07) is 4.62. The van der Waals surface area contributed by atoms with Crippen molar-refractivity contribution in [1.82, 2.24) is 0 Å². The molecule has 4 heteroatoms. The molecule has 0 spiro atoms. The summed E-state index contributed by atoms with van der Waals surface area (Å²) < 4.78 is 0. The monoisotopic (exact) mass is 232 g/mol. The molecule has 1 aromatic rings. The van der Waals surface area contributed by atoms with Crippen LogP contribution in [0.2, 0.25) is 0 Å². The van der Waals surface area contributed by atoms with Gasteiger partial charge in [0.05, 0.1) is 0 Å². The van der Waals surface area contributed by atoms with Gasteiger partial charge in [0.15, 0.2) is 5.78 Å². The van der Waals surface area contributed by atoms with E-state index in [1.165, 1.54) is 31.2 Å². The van der Waals surface area contributed by atoms with E-state index < -0.39 is 5.97 Å². The zero-order valence-corrected chi connectivity index (χ0v) is 9.25. The van der Waals surface area contributed by atoms with Crippen molar-refractivity contribution < 1.29 is 19.8 Å². The number of aromatic hydroxyl groups is 1. The molecule has 0 aliphatic rings. The summed E-state index contributed by atoms with van der Waals surface area (Å²) in [6.45, 7) is 1.40. The van der Waals surface area contributed by atoms with Gasteiger partial charge in [-0.1, -0.05) is 6.07 Å². The van der Waals surface area contributed by atoms with Crippen molar-refractivity contribution >= 4 is 23.9 Å². The number of carboxylic acid groups (broad SMARTS) is 1. The number of hydrogen-bond donors (Lipinski definition) is 2. The smallest absolute Gasteiger partial charge is 0.328 e. The Morgan fingerprint density at radius 3 is 2.47 bits per heavy atom. The topological polar surface area (TPSA) is 74.6 Å². The highest BCUT2D eigenvalue weighted by molar-refractivity contribution is 5.92. The van der Waals surface area contributed by atoms with Gasteiger partial charge in [-0.05, 0) is 42.8 Å². The average Bonchev–Trinajstić information content (AvgIpc) is 2.26. The minimum Gasteiger partial charge on any atom is -0.507 e. The second-order valence-corrected chi connectivity index (χ2v) is 3.43. The maximum Gasteiger partial charge on any atom is 0.328 e. The summed E-state index contributed by atoms with van der Waals surface area (Å²) in [4.78, 5) is 21.1. The van der Waals surface area contributed by atoms with Gasteiger partial charge in [0.25, 0.3) is 0 Å². The van der Waals surface area contributed by atoms with Crippen molar-refractivity contribution in [2.75, 3.05) is 0 Å². The van der Waals surface area contributed by atoms with Gasteiger partial charge in [-0.3, -0.25) is 4.79 Å². The summed E-state index contributed by atoms with van der Waals surface area (Å²) in [6.07, 6.45) is 5.23. The van der Waals surface area contributed by atoms with Crippen LogP contribution in [0.25, 0.3) is 12.2 Å². The largest absolute Gasteiger partial charge is 0.507 e. The van der Waals surface area contributed by atoms with Gasteiger partial charge in [0.2, 0.25) is 0 Å². The molecule has 4 nitrogen and oxygen atoms in total. The van der Waals surface area contributed by atoms with Crippen LogP contribution in [0, 0.1) is 0 Å². The number of rotatable bonds is 4. The zero-order chi connectivity index (χ0) is 12.8. The summed E-state index contributed by atoms with van der Waals surface area (Å²) in [5.74, 6) is -1.13. The predicted octanol–water partition coefficient (Wildman–Crippen LogP) is 2.09. The Balaban J connectivity index is 3.02. The van der Waals surface area contributed by atoms with Gasteiger partial charge >= 0.3 is 5.97 Å². The van der Waals surface area contributed by atoms with Gasteiger partial charge in [-0.15, -0.1) is 0 Å². The highest BCUT2D eigenvalue weighted by Gasteiger charge is 1.99. The number of carbonyl (C=O) groups excluding carboxylic acids is 1. The third-order valence-electron chi connectivity index (χ3n) is 1.97. The lowest BCUT2D eigenvalue weighted by atomic mass is 10.1. The number of aliphatic carboxylic acids is 1. The standard InChI is InChI=1S/C13H12O4/c1-9(14)2-5-11-8-10(3-6-12(11)15)4-7-13(16)17/h2-8,15H,1H3,(H,16,17). The molecule has 17 heavy (non-hydrogen) atoms. The fourth-order valence-corrected chi connectivity index (χ4v) is 1.18. The first-order valence-corrected chi connectivity index (χ1v) is 4.91. The van der Waals surface area contributed by atoms with Crippen molar-refractivity contribution in [1.29, 1.82) is 0 Å². The molecule has 1 aromatic carbocycles. The molecule has 2 N–H and O–H groups in total. The predicted molar refractivity (Wildman–Crippen MR) is 64.5 cm³/mol. The lowest BCUT2D eigenvalue weighted by molar-refractivity contribution is -0.131. The molecule has 0 aromatic heterocycles. The van der Waals surface area contributed by atoms with Gasteiger partial charge in [-0.25, -0.2) is 4.79 Å². The number of allylic oxidation sites excluding steroid dienone is 1. The van der Waals surface area contributed by atoms with Gasteiger partial charge in [-0.2, -0.15) is 0 Å². The van der Waals surface area contributed by atoms with E-state index in [0.717, 1.165) is 6.08 Å².